The highest BCUT2D eigenvalue weighted by molar-refractivity contribution is 6.30. The maximum atomic E-state index is 12.6. The molecule has 0 radical (unpaired) electrons. The number of piperidine rings is 1. The largest absolute Gasteiger partial charge is 0.326 e. The van der Waals surface area contributed by atoms with Gasteiger partial charge in [0.2, 0.25) is 5.91 Å². The van der Waals surface area contributed by atoms with Gasteiger partial charge in [-0.3, -0.25) is 4.79 Å². The zero-order chi connectivity index (χ0) is 20.1. The summed E-state index contributed by atoms with van der Waals surface area (Å²) in [4.78, 5) is 26.8. The maximum Gasteiger partial charge on any atom is 0.321 e. The van der Waals surface area contributed by atoms with Crippen molar-refractivity contribution >= 4 is 34.9 Å². The van der Waals surface area contributed by atoms with Crippen LogP contribution in [0.2, 0.25) is 5.02 Å². The number of urea groups is 1. The molecule has 0 aliphatic carbocycles. The molecule has 1 fully saturated rings. The molecule has 2 aromatic rings. The Morgan fingerprint density at radius 1 is 1.04 bits per heavy atom. The van der Waals surface area contributed by atoms with Crippen molar-refractivity contribution in [3.8, 4) is 0 Å². The van der Waals surface area contributed by atoms with E-state index in [1.165, 1.54) is 0 Å². The number of nitrogens with one attached hydrogen (secondary N) is 2. The maximum absolute atomic E-state index is 12.6. The van der Waals surface area contributed by atoms with E-state index < -0.39 is 0 Å². The van der Waals surface area contributed by atoms with Crippen molar-refractivity contribution in [2.45, 2.75) is 26.7 Å². The Morgan fingerprint density at radius 3 is 2.36 bits per heavy atom. The van der Waals surface area contributed by atoms with Crippen LogP contribution in [0.1, 0.15) is 25.3 Å². The van der Waals surface area contributed by atoms with E-state index in [1.54, 1.807) is 12.1 Å². The van der Waals surface area contributed by atoms with E-state index in [0.717, 1.165) is 24.1 Å². The van der Waals surface area contributed by atoms with E-state index in [2.05, 4.69) is 10.6 Å². The van der Waals surface area contributed by atoms with Gasteiger partial charge in [0.25, 0.3) is 0 Å². The Morgan fingerprint density at radius 2 is 1.71 bits per heavy atom. The van der Waals surface area contributed by atoms with Gasteiger partial charge in [0.05, 0.1) is 0 Å². The molecule has 0 bridgehead atoms. The van der Waals surface area contributed by atoms with E-state index in [-0.39, 0.29) is 23.8 Å². The van der Waals surface area contributed by atoms with Gasteiger partial charge in [-0.15, -0.1) is 0 Å². The zero-order valence-electron chi connectivity index (χ0n) is 16.2. The molecule has 2 N–H and O–H groups in total. The number of rotatable bonds is 4. The Bertz CT molecular complexity index is 830. The van der Waals surface area contributed by atoms with Crippen LogP contribution in [-0.2, 0) is 4.79 Å². The second-order valence-electron chi connectivity index (χ2n) is 7.41. The Hall–Kier alpha value is -2.53. The van der Waals surface area contributed by atoms with Gasteiger partial charge in [0, 0.05) is 35.4 Å². The third kappa shape index (κ3) is 5.26. The minimum Gasteiger partial charge on any atom is -0.326 e. The quantitative estimate of drug-likeness (QED) is 0.745. The second kappa shape index (κ2) is 9.11. The number of benzene rings is 2. The average Bonchev–Trinajstić information content (AvgIpc) is 2.69. The molecule has 0 saturated carbocycles. The van der Waals surface area contributed by atoms with Gasteiger partial charge in [-0.1, -0.05) is 42.3 Å². The van der Waals surface area contributed by atoms with Gasteiger partial charge in [-0.2, -0.15) is 0 Å². The number of amides is 3. The highest BCUT2D eigenvalue weighted by atomic mass is 35.5. The number of hydrogen-bond donors (Lipinski definition) is 2. The number of halogens is 1. The third-order valence-electron chi connectivity index (χ3n) is 5.34. The van der Waals surface area contributed by atoms with E-state index in [9.17, 15) is 9.59 Å². The van der Waals surface area contributed by atoms with Crippen molar-refractivity contribution in [2.75, 3.05) is 23.7 Å². The molecule has 3 rings (SSSR count). The lowest BCUT2D eigenvalue weighted by molar-refractivity contribution is -0.121. The minimum absolute atomic E-state index is 0.00942. The summed E-state index contributed by atoms with van der Waals surface area (Å²) >= 11 is 5.97. The van der Waals surface area contributed by atoms with Gasteiger partial charge in [0.1, 0.15) is 0 Å². The summed E-state index contributed by atoms with van der Waals surface area (Å²) in [7, 11) is 0. The second-order valence-corrected chi connectivity index (χ2v) is 7.85. The van der Waals surface area contributed by atoms with Crippen molar-refractivity contribution in [3.63, 3.8) is 0 Å². The Labute approximate surface area is 171 Å². The first kappa shape index (κ1) is 20.2. The summed E-state index contributed by atoms with van der Waals surface area (Å²) in [5.41, 5.74) is 2.66. The number of carbonyl (C=O) groups excluding carboxylic acids is 2. The molecule has 1 aliphatic rings. The smallest absolute Gasteiger partial charge is 0.321 e. The Balaban J connectivity index is 1.49. The summed E-state index contributed by atoms with van der Waals surface area (Å²) in [6, 6.07) is 14.8. The molecule has 1 aliphatic heterocycles. The van der Waals surface area contributed by atoms with Crippen molar-refractivity contribution in [3.05, 3.63) is 59.1 Å². The fourth-order valence-corrected chi connectivity index (χ4v) is 3.67. The molecule has 28 heavy (non-hydrogen) atoms. The number of aryl methyl sites for hydroxylation is 1. The highest BCUT2D eigenvalue weighted by Crippen LogP contribution is 2.27. The molecule has 1 saturated heterocycles. The molecule has 1 atom stereocenters. The van der Waals surface area contributed by atoms with Gasteiger partial charge >= 0.3 is 6.03 Å². The summed E-state index contributed by atoms with van der Waals surface area (Å²) in [5.74, 6) is 0.119. The predicted octanol–water partition coefficient (Wildman–Crippen LogP) is 5.17. The lowest BCUT2D eigenvalue weighted by Gasteiger charge is -2.34. The first-order chi connectivity index (χ1) is 13.4. The van der Waals surface area contributed by atoms with Crippen LogP contribution in [0, 0.1) is 18.8 Å². The molecular weight excluding hydrogens is 374 g/mol. The summed E-state index contributed by atoms with van der Waals surface area (Å²) in [6.45, 7) is 5.26. The monoisotopic (exact) mass is 399 g/mol. The van der Waals surface area contributed by atoms with Gasteiger partial charge in [-0.05, 0) is 56.0 Å². The number of likely N-dealkylation sites (tertiary alicyclic amines) is 1. The van der Waals surface area contributed by atoms with Crippen LogP contribution in [0.15, 0.2) is 48.5 Å². The number of nitrogens with zero attached hydrogens (tertiary/aromatic N) is 1. The van der Waals surface area contributed by atoms with Crippen LogP contribution in [0.3, 0.4) is 0 Å². The first-order valence-electron chi connectivity index (χ1n) is 9.61. The van der Waals surface area contributed by atoms with E-state index >= 15 is 0 Å². The molecule has 0 aromatic heterocycles. The first-order valence-corrected chi connectivity index (χ1v) is 9.99. The summed E-state index contributed by atoms with van der Waals surface area (Å²) in [5, 5.41) is 6.47. The molecule has 1 heterocycles. The summed E-state index contributed by atoms with van der Waals surface area (Å²) < 4.78 is 0. The standard InChI is InChI=1S/C22H26ClN3O2/c1-15-6-8-19(9-7-15)25-22(28)26-12-10-17(11-13-26)16(2)21(27)24-20-5-3-4-18(23)14-20/h3-9,14,16-17H,10-13H2,1-2H3,(H,24,27)(H,25,28)/t16-/m1/s1. The molecule has 3 amide bonds. The molecule has 6 heteroatoms. The molecule has 0 unspecified atom stereocenters. The van der Waals surface area contributed by atoms with Gasteiger partial charge in [-0.25, -0.2) is 4.79 Å². The van der Waals surface area contributed by atoms with Crippen LogP contribution in [0.5, 0.6) is 0 Å². The highest BCUT2D eigenvalue weighted by Gasteiger charge is 2.30. The SMILES string of the molecule is Cc1ccc(NC(=O)N2CCC([C@@H](C)C(=O)Nc3cccc(Cl)c3)CC2)cc1. The topological polar surface area (TPSA) is 61.4 Å². The number of anilines is 2. The van der Waals surface area contributed by atoms with Gasteiger partial charge in [0.15, 0.2) is 0 Å². The van der Waals surface area contributed by atoms with Crippen molar-refractivity contribution in [1.82, 2.24) is 4.90 Å². The van der Waals surface area contributed by atoms with Crippen LogP contribution < -0.4 is 10.6 Å². The fourth-order valence-electron chi connectivity index (χ4n) is 3.48. The fraction of sp³-hybridized carbons (Fsp3) is 0.364. The Kier molecular flexibility index (Phi) is 6.57. The van der Waals surface area contributed by atoms with E-state index in [0.29, 0.717) is 23.8 Å². The molecular formula is C22H26ClN3O2. The van der Waals surface area contributed by atoms with E-state index in [4.69, 9.17) is 11.6 Å². The van der Waals surface area contributed by atoms with Crippen molar-refractivity contribution < 1.29 is 9.59 Å². The molecule has 148 valence electrons. The molecule has 2 aromatic carbocycles. The number of carbonyl (C=O) groups is 2. The summed E-state index contributed by atoms with van der Waals surface area (Å²) in [6.07, 6.45) is 1.62. The lowest BCUT2D eigenvalue weighted by atomic mass is 9.85. The van der Waals surface area contributed by atoms with Crippen LogP contribution >= 0.6 is 11.6 Å². The predicted molar refractivity (Wildman–Crippen MR) is 114 cm³/mol. The average molecular weight is 400 g/mol. The normalized spacial score (nSPS) is 15.8. The van der Waals surface area contributed by atoms with Gasteiger partial charge < -0.3 is 15.5 Å². The minimum atomic E-state index is -0.124. The number of hydrogen-bond acceptors (Lipinski definition) is 2. The van der Waals surface area contributed by atoms with Crippen molar-refractivity contribution in [1.29, 1.82) is 0 Å². The molecule has 0 spiro atoms. The zero-order valence-corrected chi connectivity index (χ0v) is 17.0. The van der Waals surface area contributed by atoms with Crippen molar-refractivity contribution in [2.24, 2.45) is 11.8 Å². The third-order valence-corrected chi connectivity index (χ3v) is 5.58. The van der Waals surface area contributed by atoms with Crippen LogP contribution in [0.4, 0.5) is 16.2 Å². The van der Waals surface area contributed by atoms with Crippen LogP contribution in [0.25, 0.3) is 0 Å². The lowest BCUT2D eigenvalue weighted by Crippen LogP contribution is -2.43. The molecule has 5 nitrogen and oxygen atoms in total. The van der Waals surface area contributed by atoms with E-state index in [1.807, 2.05) is 55.1 Å². The van der Waals surface area contributed by atoms with Crippen LogP contribution in [-0.4, -0.2) is 29.9 Å².